The van der Waals surface area contributed by atoms with E-state index in [9.17, 15) is 4.79 Å². The third kappa shape index (κ3) is 3.24. The maximum absolute atomic E-state index is 10.9. The fourth-order valence-corrected chi connectivity index (χ4v) is 4.08. The molecule has 1 aliphatic heterocycles. The lowest BCUT2D eigenvalue weighted by atomic mass is 10.1. The van der Waals surface area contributed by atoms with Gasteiger partial charge in [-0.25, -0.2) is 0 Å². The number of rotatable bonds is 4. The summed E-state index contributed by atoms with van der Waals surface area (Å²) in [5.74, 6) is 0.848. The molecule has 4 aromatic rings. The molecule has 1 fully saturated rings. The molecule has 152 valence electrons. The highest BCUT2D eigenvalue weighted by atomic mass is 79.9. The zero-order chi connectivity index (χ0) is 20.7. The van der Waals surface area contributed by atoms with E-state index < -0.39 is 0 Å². The molecule has 1 aliphatic rings. The van der Waals surface area contributed by atoms with Gasteiger partial charge in [0.05, 0.1) is 11.7 Å². The van der Waals surface area contributed by atoms with Crippen molar-refractivity contribution in [1.82, 2.24) is 24.5 Å². The number of nitrogen functional groups attached to an aromatic ring is 1. The molecule has 1 saturated heterocycles. The van der Waals surface area contributed by atoms with Crippen LogP contribution in [0.2, 0.25) is 0 Å². The van der Waals surface area contributed by atoms with Crippen molar-refractivity contribution < 1.29 is 9.53 Å². The fraction of sp³-hybridized carbons (Fsp3) is 0.238. The largest absolute Gasteiger partial charge is 0.473 e. The molecule has 1 amide bonds. The zero-order valence-corrected chi connectivity index (χ0v) is 17.6. The Bertz CT molecular complexity index is 1250. The first-order chi connectivity index (χ1) is 14.6. The van der Waals surface area contributed by atoms with Crippen LogP contribution in [0.5, 0.6) is 5.88 Å². The Hall–Kier alpha value is -3.20. The average molecular weight is 467 g/mol. The molecule has 30 heavy (non-hydrogen) atoms. The lowest BCUT2D eigenvalue weighted by Crippen LogP contribution is -2.37. The van der Waals surface area contributed by atoms with E-state index in [0.29, 0.717) is 34.9 Å². The summed E-state index contributed by atoms with van der Waals surface area (Å²) in [5.41, 5.74) is 9.58. The van der Waals surface area contributed by atoms with E-state index in [1.807, 2.05) is 30.5 Å². The molecule has 0 saturated carbocycles. The van der Waals surface area contributed by atoms with Crippen LogP contribution in [0.15, 0.2) is 47.2 Å². The number of hydrogen-bond donors (Lipinski definition) is 1. The summed E-state index contributed by atoms with van der Waals surface area (Å²) < 4.78 is 8.32. The van der Waals surface area contributed by atoms with Crippen LogP contribution in [-0.4, -0.2) is 50.1 Å². The monoisotopic (exact) mass is 466 g/mol. The van der Waals surface area contributed by atoms with Gasteiger partial charge in [0.1, 0.15) is 16.4 Å². The summed E-state index contributed by atoms with van der Waals surface area (Å²) in [6, 6.07) is 10.0. The van der Waals surface area contributed by atoms with E-state index in [1.165, 1.54) is 0 Å². The summed E-state index contributed by atoms with van der Waals surface area (Å²) in [6.45, 7) is 1.34. The smallest absolute Gasteiger partial charge is 0.234 e. The van der Waals surface area contributed by atoms with Crippen molar-refractivity contribution in [3.05, 3.63) is 47.2 Å². The molecule has 0 spiro atoms. The topological polar surface area (TPSA) is 98.6 Å². The SMILES string of the molecule is Nc1c(Br)c(OC2CCN(C=O)CC2)nc2c(-c3cnc4ccccc4c3)cnn12. The first-order valence-corrected chi connectivity index (χ1v) is 10.5. The second-order valence-corrected chi connectivity index (χ2v) is 8.08. The second kappa shape index (κ2) is 7.56. The Morgan fingerprint density at radius 1 is 1.20 bits per heavy atom. The van der Waals surface area contributed by atoms with Crippen LogP contribution >= 0.6 is 15.9 Å². The number of piperidine rings is 1. The van der Waals surface area contributed by atoms with E-state index >= 15 is 0 Å². The maximum atomic E-state index is 10.9. The molecular formula is C21H19BrN6O2. The number of nitrogens with zero attached hydrogens (tertiary/aromatic N) is 5. The number of carbonyl (C=O) groups is 1. The Labute approximate surface area is 180 Å². The fourth-order valence-electron chi connectivity index (χ4n) is 3.73. The molecule has 9 heteroatoms. The van der Waals surface area contributed by atoms with Crippen molar-refractivity contribution >= 4 is 44.7 Å². The molecule has 0 atom stereocenters. The van der Waals surface area contributed by atoms with Gasteiger partial charge >= 0.3 is 0 Å². The zero-order valence-electron chi connectivity index (χ0n) is 16.0. The van der Waals surface area contributed by atoms with Gasteiger partial charge in [0.2, 0.25) is 12.3 Å². The number of nitrogens with two attached hydrogens (primary N) is 1. The summed E-state index contributed by atoms with van der Waals surface area (Å²) in [7, 11) is 0. The average Bonchev–Trinajstić information content (AvgIpc) is 3.21. The highest BCUT2D eigenvalue weighted by Crippen LogP contribution is 2.35. The van der Waals surface area contributed by atoms with Crippen LogP contribution in [-0.2, 0) is 4.79 Å². The van der Waals surface area contributed by atoms with Gasteiger partial charge < -0.3 is 15.4 Å². The van der Waals surface area contributed by atoms with Crippen LogP contribution in [0.3, 0.4) is 0 Å². The molecule has 0 unspecified atom stereocenters. The van der Waals surface area contributed by atoms with Crippen molar-refractivity contribution in [3.8, 4) is 17.0 Å². The molecule has 0 aliphatic carbocycles. The Kier molecular flexibility index (Phi) is 4.74. The molecule has 3 aromatic heterocycles. The number of halogens is 1. The number of ether oxygens (including phenoxy) is 1. The summed E-state index contributed by atoms with van der Waals surface area (Å²) in [6.07, 6.45) is 5.90. The predicted octanol–water partition coefficient (Wildman–Crippen LogP) is 3.29. The Morgan fingerprint density at radius 3 is 2.80 bits per heavy atom. The number of amides is 1. The minimum atomic E-state index is -0.0273. The number of benzene rings is 1. The molecule has 2 N–H and O–H groups in total. The summed E-state index contributed by atoms with van der Waals surface area (Å²) >= 11 is 3.50. The Morgan fingerprint density at radius 2 is 2.00 bits per heavy atom. The van der Waals surface area contributed by atoms with Gasteiger partial charge in [-0.3, -0.25) is 9.78 Å². The highest BCUT2D eigenvalue weighted by Gasteiger charge is 2.23. The van der Waals surface area contributed by atoms with Crippen LogP contribution in [0, 0.1) is 0 Å². The van der Waals surface area contributed by atoms with Crippen LogP contribution in [0.25, 0.3) is 27.7 Å². The molecular weight excluding hydrogens is 448 g/mol. The molecule has 8 nitrogen and oxygen atoms in total. The first kappa shape index (κ1) is 18.8. The summed E-state index contributed by atoms with van der Waals surface area (Å²) in [4.78, 5) is 22.0. The van der Waals surface area contributed by atoms with E-state index in [4.69, 9.17) is 15.5 Å². The van der Waals surface area contributed by atoms with Crippen molar-refractivity contribution in [2.45, 2.75) is 18.9 Å². The Balaban J connectivity index is 1.53. The van der Waals surface area contributed by atoms with Crippen molar-refractivity contribution in [3.63, 3.8) is 0 Å². The van der Waals surface area contributed by atoms with Gasteiger partial charge in [-0.2, -0.15) is 14.6 Å². The second-order valence-electron chi connectivity index (χ2n) is 7.29. The number of likely N-dealkylation sites (tertiary alicyclic amines) is 1. The third-order valence-electron chi connectivity index (χ3n) is 5.40. The van der Waals surface area contributed by atoms with Crippen molar-refractivity contribution in [2.24, 2.45) is 0 Å². The van der Waals surface area contributed by atoms with E-state index in [2.05, 4.69) is 32.1 Å². The minimum Gasteiger partial charge on any atom is -0.473 e. The van der Waals surface area contributed by atoms with Crippen molar-refractivity contribution in [1.29, 1.82) is 0 Å². The number of fused-ring (bicyclic) bond motifs is 2. The molecule has 5 rings (SSSR count). The van der Waals surface area contributed by atoms with Gasteiger partial charge in [-0.15, -0.1) is 0 Å². The molecule has 1 aromatic carbocycles. The standard InChI is InChI=1S/C21H19BrN6O2/c22-18-19(23)28-20(26-21(18)30-15-5-7-27(12-29)8-6-15)16(11-25-28)14-9-13-3-1-2-4-17(13)24-10-14/h1-4,9-12,15H,5-8,23H2. The van der Waals surface area contributed by atoms with E-state index in [1.54, 1.807) is 15.6 Å². The number of para-hydroxylation sites is 1. The summed E-state index contributed by atoms with van der Waals surface area (Å²) in [5, 5.41) is 5.45. The first-order valence-electron chi connectivity index (χ1n) is 9.68. The van der Waals surface area contributed by atoms with Crippen LogP contribution in [0.4, 0.5) is 5.82 Å². The van der Waals surface area contributed by atoms with Gasteiger partial charge in [-0.1, -0.05) is 18.2 Å². The van der Waals surface area contributed by atoms with Crippen LogP contribution < -0.4 is 10.5 Å². The lowest BCUT2D eigenvalue weighted by molar-refractivity contribution is -0.119. The molecule has 0 radical (unpaired) electrons. The normalized spacial score (nSPS) is 15.0. The third-order valence-corrected chi connectivity index (χ3v) is 6.14. The molecule has 4 heterocycles. The van der Waals surface area contributed by atoms with Crippen LogP contribution in [0.1, 0.15) is 12.8 Å². The predicted molar refractivity (Wildman–Crippen MR) is 117 cm³/mol. The van der Waals surface area contributed by atoms with Crippen molar-refractivity contribution in [2.75, 3.05) is 18.8 Å². The quantitative estimate of drug-likeness (QED) is 0.463. The van der Waals surface area contributed by atoms with Gasteiger partial charge in [-0.05, 0) is 28.1 Å². The minimum absolute atomic E-state index is 0.0273. The number of aromatic nitrogens is 4. The highest BCUT2D eigenvalue weighted by molar-refractivity contribution is 9.10. The van der Waals surface area contributed by atoms with Gasteiger partial charge in [0.15, 0.2) is 5.65 Å². The number of carbonyl (C=O) groups excluding carboxylic acids is 1. The number of hydrogen-bond acceptors (Lipinski definition) is 6. The maximum Gasteiger partial charge on any atom is 0.234 e. The van der Waals surface area contributed by atoms with Gasteiger partial charge in [0.25, 0.3) is 0 Å². The molecule has 0 bridgehead atoms. The van der Waals surface area contributed by atoms with E-state index in [0.717, 1.165) is 41.3 Å². The van der Waals surface area contributed by atoms with Gasteiger partial charge in [0, 0.05) is 48.6 Å². The number of pyridine rings is 1. The lowest BCUT2D eigenvalue weighted by Gasteiger charge is -2.29. The van der Waals surface area contributed by atoms with E-state index in [-0.39, 0.29) is 6.10 Å². The number of anilines is 1.